The topological polar surface area (TPSA) is 21.3 Å². The van der Waals surface area contributed by atoms with Gasteiger partial charge in [-0.15, -0.1) is 0 Å². The molecule has 0 aromatic carbocycles. The Morgan fingerprint density at radius 1 is 1.60 bits per heavy atom. The number of hydrogen-bond acceptors (Lipinski definition) is 3. The summed E-state index contributed by atoms with van der Waals surface area (Å²) < 4.78 is 9.05. The molecule has 0 radical (unpaired) electrons. The zero-order chi connectivity index (χ0) is 10.5. The van der Waals surface area contributed by atoms with Crippen LogP contribution in [-0.2, 0) is 4.74 Å². The standard InChI is InChI=1S/C12H19NOS/c1-10-2-4-11(5-3-10)8-14-9-12-6-7-15-13-12/h2,4-5,10,12-13H,3,6-9H2,1H3. The maximum atomic E-state index is 5.70. The molecule has 1 aliphatic heterocycles. The van der Waals surface area contributed by atoms with Gasteiger partial charge in [-0.25, -0.2) is 0 Å². The van der Waals surface area contributed by atoms with Crippen molar-refractivity contribution < 1.29 is 4.74 Å². The second-order valence-electron chi connectivity index (χ2n) is 4.32. The smallest absolute Gasteiger partial charge is 0.0714 e. The van der Waals surface area contributed by atoms with E-state index in [0.717, 1.165) is 19.6 Å². The summed E-state index contributed by atoms with van der Waals surface area (Å²) in [5.41, 5.74) is 1.33. The first-order chi connectivity index (χ1) is 7.34. The van der Waals surface area contributed by atoms with Gasteiger partial charge in [0, 0.05) is 11.8 Å². The Morgan fingerprint density at radius 2 is 2.53 bits per heavy atom. The molecule has 0 bridgehead atoms. The Labute approximate surface area is 96.3 Å². The number of rotatable bonds is 4. The number of allylic oxidation sites excluding steroid dienone is 2. The van der Waals surface area contributed by atoms with Crippen molar-refractivity contribution in [3.63, 3.8) is 0 Å². The summed E-state index contributed by atoms with van der Waals surface area (Å²) in [5, 5.41) is 0. The molecule has 1 N–H and O–H groups in total. The number of ether oxygens (including phenoxy) is 1. The molecule has 2 rings (SSSR count). The molecular weight excluding hydrogens is 206 g/mol. The maximum absolute atomic E-state index is 5.70. The van der Waals surface area contributed by atoms with Crippen molar-refractivity contribution in [2.45, 2.75) is 25.8 Å². The average molecular weight is 225 g/mol. The molecule has 84 valence electrons. The minimum Gasteiger partial charge on any atom is -0.375 e. The largest absolute Gasteiger partial charge is 0.375 e. The van der Waals surface area contributed by atoms with Gasteiger partial charge in [0.1, 0.15) is 0 Å². The van der Waals surface area contributed by atoms with E-state index in [0.29, 0.717) is 12.0 Å². The second-order valence-corrected chi connectivity index (χ2v) is 5.25. The van der Waals surface area contributed by atoms with Crippen LogP contribution in [0.2, 0.25) is 0 Å². The second kappa shape index (κ2) is 5.73. The van der Waals surface area contributed by atoms with Gasteiger partial charge in [-0.2, -0.15) is 0 Å². The minimum absolute atomic E-state index is 0.557. The van der Waals surface area contributed by atoms with E-state index in [2.05, 4.69) is 29.9 Å². The van der Waals surface area contributed by atoms with Crippen LogP contribution in [-0.4, -0.2) is 25.0 Å². The Hall–Kier alpha value is -0.250. The van der Waals surface area contributed by atoms with Crippen LogP contribution in [0.3, 0.4) is 0 Å². The molecule has 0 saturated carbocycles. The molecule has 15 heavy (non-hydrogen) atoms. The van der Waals surface area contributed by atoms with Crippen LogP contribution in [0.1, 0.15) is 19.8 Å². The third-order valence-corrected chi connectivity index (χ3v) is 3.74. The van der Waals surface area contributed by atoms with Gasteiger partial charge in [-0.1, -0.05) is 37.1 Å². The highest BCUT2D eigenvalue weighted by molar-refractivity contribution is 7.97. The van der Waals surface area contributed by atoms with Crippen LogP contribution in [0.15, 0.2) is 23.8 Å². The molecule has 2 aliphatic rings. The van der Waals surface area contributed by atoms with Crippen LogP contribution in [0.4, 0.5) is 0 Å². The lowest BCUT2D eigenvalue weighted by Crippen LogP contribution is -2.23. The van der Waals surface area contributed by atoms with Gasteiger partial charge in [0.05, 0.1) is 13.2 Å². The highest BCUT2D eigenvalue weighted by Crippen LogP contribution is 2.16. The third kappa shape index (κ3) is 3.67. The van der Waals surface area contributed by atoms with E-state index in [1.165, 1.54) is 17.7 Å². The van der Waals surface area contributed by atoms with Gasteiger partial charge in [0.2, 0.25) is 0 Å². The van der Waals surface area contributed by atoms with Crippen molar-refractivity contribution >= 4 is 11.9 Å². The average Bonchev–Trinajstić information content (AvgIpc) is 2.74. The molecule has 0 spiro atoms. The summed E-state index contributed by atoms with van der Waals surface area (Å²) >= 11 is 1.81. The molecule has 2 nitrogen and oxygen atoms in total. The highest BCUT2D eigenvalue weighted by Gasteiger charge is 2.14. The van der Waals surface area contributed by atoms with Gasteiger partial charge >= 0.3 is 0 Å². The van der Waals surface area contributed by atoms with Crippen LogP contribution >= 0.6 is 11.9 Å². The Kier molecular flexibility index (Phi) is 4.29. The molecule has 1 fully saturated rings. The summed E-state index contributed by atoms with van der Waals surface area (Å²) in [4.78, 5) is 0. The van der Waals surface area contributed by atoms with Gasteiger partial charge in [-0.05, 0) is 24.3 Å². The summed E-state index contributed by atoms with van der Waals surface area (Å²) in [6.45, 7) is 3.85. The lowest BCUT2D eigenvalue weighted by Gasteiger charge is -2.14. The van der Waals surface area contributed by atoms with Crippen LogP contribution in [0.25, 0.3) is 0 Å². The third-order valence-electron chi connectivity index (χ3n) is 2.80. The van der Waals surface area contributed by atoms with Gasteiger partial charge < -0.3 is 4.74 Å². The van der Waals surface area contributed by atoms with Crippen molar-refractivity contribution in [3.05, 3.63) is 23.8 Å². The molecule has 0 amide bonds. The van der Waals surface area contributed by atoms with E-state index in [9.17, 15) is 0 Å². The Morgan fingerprint density at radius 3 is 3.20 bits per heavy atom. The fraction of sp³-hybridized carbons (Fsp3) is 0.667. The molecule has 2 unspecified atom stereocenters. The highest BCUT2D eigenvalue weighted by atomic mass is 32.2. The Bertz CT molecular complexity index is 256. The summed E-state index contributed by atoms with van der Waals surface area (Å²) in [6.07, 6.45) is 9.15. The molecular formula is C12H19NOS. The Balaban J connectivity index is 1.63. The van der Waals surface area contributed by atoms with Gasteiger partial charge in [0.15, 0.2) is 0 Å². The minimum atomic E-state index is 0.557. The normalized spacial score (nSPS) is 30.6. The molecule has 3 heteroatoms. The predicted molar refractivity (Wildman–Crippen MR) is 65.8 cm³/mol. The molecule has 1 heterocycles. The summed E-state index contributed by atoms with van der Waals surface area (Å²) in [7, 11) is 0. The fourth-order valence-electron chi connectivity index (χ4n) is 1.75. The van der Waals surface area contributed by atoms with Crippen molar-refractivity contribution in [1.29, 1.82) is 0 Å². The van der Waals surface area contributed by atoms with Crippen molar-refractivity contribution in [1.82, 2.24) is 4.72 Å². The first kappa shape index (κ1) is 11.2. The number of hydrogen-bond donors (Lipinski definition) is 1. The van der Waals surface area contributed by atoms with Crippen LogP contribution < -0.4 is 4.72 Å². The monoisotopic (exact) mass is 225 g/mol. The molecule has 0 aromatic rings. The number of nitrogens with one attached hydrogen (secondary N) is 1. The van der Waals surface area contributed by atoms with E-state index in [1.54, 1.807) is 0 Å². The molecule has 1 saturated heterocycles. The quantitative estimate of drug-likeness (QED) is 0.743. The van der Waals surface area contributed by atoms with Crippen molar-refractivity contribution in [2.75, 3.05) is 19.0 Å². The summed E-state index contributed by atoms with van der Waals surface area (Å²) in [6, 6.07) is 0.557. The molecule has 1 aliphatic carbocycles. The maximum Gasteiger partial charge on any atom is 0.0714 e. The van der Waals surface area contributed by atoms with Crippen molar-refractivity contribution in [2.24, 2.45) is 5.92 Å². The van der Waals surface area contributed by atoms with E-state index in [4.69, 9.17) is 4.74 Å². The zero-order valence-corrected chi connectivity index (χ0v) is 10.1. The van der Waals surface area contributed by atoms with Crippen molar-refractivity contribution in [3.8, 4) is 0 Å². The SMILES string of the molecule is CC1C=CC(COCC2CCSN2)=CC1. The predicted octanol–water partition coefficient (Wildman–Crippen LogP) is 2.54. The van der Waals surface area contributed by atoms with E-state index in [-0.39, 0.29) is 0 Å². The first-order valence-electron chi connectivity index (χ1n) is 5.67. The van der Waals surface area contributed by atoms with Gasteiger partial charge in [0.25, 0.3) is 0 Å². The fourth-order valence-corrected chi connectivity index (χ4v) is 2.69. The van der Waals surface area contributed by atoms with Crippen LogP contribution in [0, 0.1) is 5.92 Å². The lowest BCUT2D eigenvalue weighted by atomic mass is 9.99. The van der Waals surface area contributed by atoms with E-state index < -0.39 is 0 Å². The molecule has 2 atom stereocenters. The van der Waals surface area contributed by atoms with E-state index in [1.807, 2.05) is 11.9 Å². The lowest BCUT2D eigenvalue weighted by molar-refractivity contribution is 0.140. The molecule has 0 aromatic heterocycles. The zero-order valence-electron chi connectivity index (χ0n) is 9.24. The van der Waals surface area contributed by atoms with Gasteiger partial charge in [-0.3, -0.25) is 4.72 Å². The first-order valence-corrected chi connectivity index (χ1v) is 6.65. The summed E-state index contributed by atoms with van der Waals surface area (Å²) in [5.74, 6) is 1.91. The van der Waals surface area contributed by atoms with E-state index >= 15 is 0 Å². The van der Waals surface area contributed by atoms with Crippen LogP contribution in [0.5, 0.6) is 0 Å².